The van der Waals surface area contributed by atoms with Crippen LogP contribution in [0.2, 0.25) is 0 Å². The highest BCUT2D eigenvalue weighted by atomic mass is 32.1. The van der Waals surface area contributed by atoms with Gasteiger partial charge < -0.3 is 5.32 Å². The molecular formula is C15H18N2S. The molecule has 0 bridgehead atoms. The van der Waals surface area contributed by atoms with Gasteiger partial charge in [0.25, 0.3) is 0 Å². The highest BCUT2D eigenvalue weighted by Gasteiger charge is 2.12. The number of aryl methyl sites for hydroxylation is 2. The third kappa shape index (κ3) is 2.41. The van der Waals surface area contributed by atoms with Crippen molar-refractivity contribution in [2.45, 2.75) is 39.2 Å². The van der Waals surface area contributed by atoms with Crippen molar-refractivity contribution in [3.63, 3.8) is 0 Å². The van der Waals surface area contributed by atoms with Crippen molar-refractivity contribution >= 4 is 17.0 Å². The van der Waals surface area contributed by atoms with Gasteiger partial charge in [0.15, 0.2) is 0 Å². The minimum absolute atomic E-state index is 0.891. The Morgan fingerprint density at radius 3 is 3.00 bits per heavy atom. The predicted molar refractivity (Wildman–Crippen MR) is 77.3 cm³/mol. The van der Waals surface area contributed by atoms with Crippen molar-refractivity contribution in [2.75, 3.05) is 5.32 Å². The van der Waals surface area contributed by atoms with Gasteiger partial charge in [0, 0.05) is 16.8 Å². The maximum absolute atomic E-state index is 4.29. The number of fused-ring (bicyclic) bond motifs is 1. The molecule has 18 heavy (non-hydrogen) atoms. The molecule has 2 nitrogen and oxygen atoms in total. The van der Waals surface area contributed by atoms with E-state index in [0.29, 0.717) is 0 Å². The quantitative estimate of drug-likeness (QED) is 0.902. The van der Waals surface area contributed by atoms with E-state index in [2.05, 4.69) is 35.4 Å². The zero-order valence-corrected chi connectivity index (χ0v) is 11.5. The summed E-state index contributed by atoms with van der Waals surface area (Å²) in [6.07, 6.45) is 7.10. The summed E-state index contributed by atoms with van der Waals surface area (Å²) in [6, 6.07) is 6.65. The van der Waals surface area contributed by atoms with Crippen molar-refractivity contribution in [3.8, 4) is 0 Å². The number of nitrogens with zero attached hydrogens (tertiary/aromatic N) is 1. The van der Waals surface area contributed by atoms with Crippen LogP contribution in [0.25, 0.3) is 0 Å². The van der Waals surface area contributed by atoms with Crippen LogP contribution in [0, 0.1) is 6.92 Å². The Morgan fingerprint density at radius 2 is 2.17 bits per heavy atom. The van der Waals surface area contributed by atoms with Gasteiger partial charge in [-0.1, -0.05) is 12.1 Å². The fraction of sp³-hybridized carbons (Fsp3) is 0.400. The summed E-state index contributed by atoms with van der Waals surface area (Å²) < 4.78 is 0. The molecule has 94 valence electrons. The molecule has 2 aromatic rings. The number of nitrogens with one attached hydrogen (secondary N) is 1. The minimum Gasteiger partial charge on any atom is -0.380 e. The highest BCUT2D eigenvalue weighted by Crippen LogP contribution is 2.28. The van der Waals surface area contributed by atoms with Gasteiger partial charge in [-0.15, -0.1) is 11.3 Å². The average Bonchev–Trinajstić information content (AvgIpc) is 2.82. The maximum Gasteiger partial charge on any atom is 0.0897 e. The fourth-order valence-electron chi connectivity index (χ4n) is 2.62. The maximum atomic E-state index is 4.29. The summed E-state index contributed by atoms with van der Waals surface area (Å²) in [5.74, 6) is 0. The van der Waals surface area contributed by atoms with E-state index in [1.807, 2.05) is 6.20 Å². The van der Waals surface area contributed by atoms with Crippen molar-refractivity contribution in [1.29, 1.82) is 0 Å². The van der Waals surface area contributed by atoms with Gasteiger partial charge in [0.05, 0.1) is 11.6 Å². The minimum atomic E-state index is 0.891. The molecule has 0 aliphatic heterocycles. The number of thiazole rings is 1. The molecule has 1 aliphatic rings. The highest BCUT2D eigenvalue weighted by molar-refractivity contribution is 7.11. The van der Waals surface area contributed by atoms with Crippen LogP contribution in [-0.4, -0.2) is 4.98 Å². The number of hydrogen-bond donors (Lipinski definition) is 1. The number of anilines is 1. The molecule has 0 atom stereocenters. The second-order valence-corrected chi connectivity index (χ2v) is 6.17. The first-order valence-electron chi connectivity index (χ1n) is 6.59. The summed E-state index contributed by atoms with van der Waals surface area (Å²) in [4.78, 5) is 5.60. The van der Waals surface area contributed by atoms with E-state index in [0.717, 1.165) is 11.6 Å². The molecule has 0 fully saturated rings. The monoisotopic (exact) mass is 258 g/mol. The molecule has 3 rings (SSSR count). The molecule has 0 radical (unpaired) electrons. The topological polar surface area (TPSA) is 24.9 Å². The van der Waals surface area contributed by atoms with Crippen molar-refractivity contribution in [1.82, 2.24) is 4.98 Å². The van der Waals surface area contributed by atoms with Crippen LogP contribution >= 0.6 is 11.3 Å². The van der Waals surface area contributed by atoms with E-state index < -0.39 is 0 Å². The molecule has 0 saturated heterocycles. The molecule has 1 aliphatic carbocycles. The van der Waals surface area contributed by atoms with Gasteiger partial charge in [-0.3, -0.25) is 0 Å². The molecule has 1 aromatic carbocycles. The molecule has 0 saturated carbocycles. The SMILES string of the molecule is Cc1ncc(CNc2cccc3c2CCCC3)s1. The van der Waals surface area contributed by atoms with E-state index >= 15 is 0 Å². The normalized spacial score (nSPS) is 14.3. The van der Waals surface area contributed by atoms with Crippen LogP contribution in [0.1, 0.15) is 33.9 Å². The summed E-state index contributed by atoms with van der Waals surface area (Å²) in [6.45, 7) is 2.94. The summed E-state index contributed by atoms with van der Waals surface area (Å²) >= 11 is 1.77. The van der Waals surface area contributed by atoms with E-state index in [1.165, 1.54) is 47.4 Å². The number of hydrogen-bond acceptors (Lipinski definition) is 3. The Labute approximate surface area is 112 Å². The molecular weight excluding hydrogens is 240 g/mol. The molecule has 0 spiro atoms. The van der Waals surface area contributed by atoms with Crippen LogP contribution < -0.4 is 5.32 Å². The van der Waals surface area contributed by atoms with Crippen molar-refractivity contribution < 1.29 is 0 Å². The Hall–Kier alpha value is -1.35. The summed E-state index contributed by atoms with van der Waals surface area (Å²) in [7, 11) is 0. The molecule has 1 heterocycles. The molecule has 1 N–H and O–H groups in total. The van der Waals surface area contributed by atoms with Crippen LogP contribution in [0.5, 0.6) is 0 Å². The van der Waals surface area contributed by atoms with Crippen LogP contribution in [-0.2, 0) is 19.4 Å². The average molecular weight is 258 g/mol. The number of benzene rings is 1. The van der Waals surface area contributed by atoms with E-state index in [1.54, 1.807) is 11.3 Å². The largest absolute Gasteiger partial charge is 0.380 e. The fourth-order valence-corrected chi connectivity index (χ4v) is 3.35. The number of rotatable bonds is 3. The van der Waals surface area contributed by atoms with E-state index in [9.17, 15) is 0 Å². The summed E-state index contributed by atoms with van der Waals surface area (Å²) in [5.41, 5.74) is 4.38. The summed E-state index contributed by atoms with van der Waals surface area (Å²) in [5, 5.41) is 4.71. The van der Waals surface area contributed by atoms with Crippen LogP contribution in [0.3, 0.4) is 0 Å². The lowest BCUT2D eigenvalue weighted by atomic mass is 9.90. The second kappa shape index (κ2) is 5.11. The lowest BCUT2D eigenvalue weighted by Gasteiger charge is -2.19. The molecule has 0 unspecified atom stereocenters. The molecule has 3 heteroatoms. The molecule has 1 aromatic heterocycles. The third-order valence-electron chi connectivity index (χ3n) is 3.52. The van der Waals surface area contributed by atoms with Gasteiger partial charge in [0.1, 0.15) is 0 Å². The van der Waals surface area contributed by atoms with Crippen molar-refractivity contribution in [3.05, 3.63) is 45.4 Å². The zero-order valence-electron chi connectivity index (χ0n) is 10.7. The van der Waals surface area contributed by atoms with Crippen LogP contribution in [0.4, 0.5) is 5.69 Å². The van der Waals surface area contributed by atoms with Crippen LogP contribution in [0.15, 0.2) is 24.4 Å². The first kappa shape index (κ1) is 11.7. The van der Waals surface area contributed by atoms with Gasteiger partial charge in [-0.2, -0.15) is 0 Å². The standard InChI is InChI=1S/C15H18N2S/c1-11-16-9-13(18-11)10-17-15-8-4-6-12-5-2-3-7-14(12)15/h4,6,8-9,17H,2-3,5,7,10H2,1H3. The second-order valence-electron chi connectivity index (χ2n) is 4.85. The molecule has 0 amide bonds. The predicted octanol–water partition coefficient (Wildman–Crippen LogP) is 3.94. The van der Waals surface area contributed by atoms with Crippen molar-refractivity contribution in [2.24, 2.45) is 0 Å². The smallest absolute Gasteiger partial charge is 0.0897 e. The van der Waals surface area contributed by atoms with Gasteiger partial charge in [-0.25, -0.2) is 4.98 Å². The Bertz CT molecular complexity index is 545. The van der Waals surface area contributed by atoms with E-state index in [4.69, 9.17) is 0 Å². The Kier molecular flexibility index (Phi) is 3.33. The Balaban J connectivity index is 1.76. The first-order chi connectivity index (χ1) is 8.83. The van der Waals surface area contributed by atoms with Gasteiger partial charge in [-0.05, 0) is 49.8 Å². The third-order valence-corrected chi connectivity index (χ3v) is 4.43. The lowest BCUT2D eigenvalue weighted by molar-refractivity contribution is 0.686. The first-order valence-corrected chi connectivity index (χ1v) is 7.40. The van der Waals surface area contributed by atoms with Gasteiger partial charge in [0.2, 0.25) is 0 Å². The van der Waals surface area contributed by atoms with E-state index in [-0.39, 0.29) is 0 Å². The number of aromatic nitrogens is 1. The zero-order chi connectivity index (χ0) is 12.4. The lowest BCUT2D eigenvalue weighted by Crippen LogP contribution is -2.08. The van der Waals surface area contributed by atoms with Gasteiger partial charge >= 0.3 is 0 Å². The Morgan fingerprint density at radius 1 is 1.28 bits per heavy atom.